The molecule has 2 aromatic carbocycles. The molecule has 102 valence electrons. The van der Waals surface area contributed by atoms with Crippen LogP contribution < -0.4 is 4.90 Å². The number of anilines is 1. The number of hydrogen-bond acceptors (Lipinski definition) is 2. The minimum Gasteiger partial charge on any atom is -0.315 e. The lowest BCUT2D eigenvalue weighted by molar-refractivity contribution is -0.116. The van der Waals surface area contributed by atoms with Gasteiger partial charge in [-0.1, -0.05) is 43.3 Å². The molecule has 0 spiro atoms. The van der Waals surface area contributed by atoms with Crippen LogP contribution in [0.3, 0.4) is 0 Å². The molecule has 3 rings (SSSR count). The van der Waals surface area contributed by atoms with E-state index in [1.165, 1.54) is 4.90 Å². The first-order valence-corrected chi connectivity index (χ1v) is 6.82. The second-order valence-electron chi connectivity index (χ2n) is 4.93. The maximum absolute atomic E-state index is 12.4. The lowest BCUT2D eigenvalue weighted by atomic mass is 10.1. The van der Waals surface area contributed by atoms with Crippen LogP contribution >= 0.6 is 0 Å². The fourth-order valence-corrected chi connectivity index (χ4v) is 2.64. The monoisotopic (exact) mass is 268 g/mol. The van der Waals surface area contributed by atoms with Gasteiger partial charge in [0.15, 0.2) is 0 Å². The molecule has 3 amide bonds. The number of nitrogens with zero attached hydrogens (tertiary/aromatic N) is 2. The van der Waals surface area contributed by atoms with E-state index in [1.807, 2.05) is 49.4 Å². The zero-order valence-corrected chi connectivity index (χ0v) is 11.4. The Morgan fingerprint density at radius 1 is 1.05 bits per heavy atom. The average Bonchev–Trinajstić information content (AvgIpc) is 2.74. The van der Waals surface area contributed by atoms with Crippen molar-refractivity contribution in [2.75, 3.05) is 18.0 Å². The SMILES string of the molecule is CCCN1CC(=O)N(c2cccc3ccccc23)C1=O. The van der Waals surface area contributed by atoms with Crippen molar-refractivity contribution in [2.24, 2.45) is 0 Å². The molecule has 1 aliphatic rings. The highest BCUT2D eigenvalue weighted by Gasteiger charge is 2.37. The van der Waals surface area contributed by atoms with E-state index >= 15 is 0 Å². The van der Waals surface area contributed by atoms with E-state index in [-0.39, 0.29) is 18.5 Å². The van der Waals surface area contributed by atoms with Crippen molar-refractivity contribution >= 4 is 28.4 Å². The molecule has 0 N–H and O–H groups in total. The third-order valence-corrected chi connectivity index (χ3v) is 3.54. The molecule has 0 radical (unpaired) electrons. The van der Waals surface area contributed by atoms with E-state index in [9.17, 15) is 9.59 Å². The Balaban J connectivity index is 2.07. The molecule has 2 aromatic rings. The number of amides is 3. The van der Waals surface area contributed by atoms with Crippen LogP contribution in [-0.4, -0.2) is 29.9 Å². The maximum Gasteiger partial charge on any atom is 0.331 e. The summed E-state index contributed by atoms with van der Waals surface area (Å²) >= 11 is 0. The smallest absolute Gasteiger partial charge is 0.315 e. The van der Waals surface area contributed by atoms with Crippen molar-refractivity contribution in [3.8, 4) is 0 Å². The third kappa shape index (κ3) is 1.93. The molecule has 4 nitrogen and oxygen atoms in total. The van der Waals surface area contributed by atoms with Crippen LogP contribution in [-0.2, 0) is 4.79 Å². The summed E-state index contributed by atoms with van der Waals surface area (Å²) in [7, 11) is 0. The van der Waals surface area contributed by atoms with E-state index in [4.69, 9.17) is 0 Å². The first-order chi connectivity index (χ1) is 9.72. The summed E-state index contributed by atoms with van der Waals surface area (Å²) in [5.41, 5.74) is 0.678. The first-order valence-electron chi connectivity index (χ1n) is 6.82. The number of hydrogen-bond donors (Lipinski definition) is 0. The van der Waals surface area contributed by atoms with E-state index in [0.717, 1.165) is 17.2 Å². The van der Waals surface area contributed by atoms with Crippen LogP contribution in [0.5, 0.6) is 0 Å². The first kappa shape index (κ1) is 12.7. The van der Waals surface area contributed by atoms with Crippen LogP contribution in [0.2, 0.25) is 0 Å². The molecule has 1 saturated heterocycles. The van der Waals surface area contributed by atoms with Gasteiger partial charge < -0.3 is 4.90 Å². The van der Waals surface area contributed by atoms with Gasteiger partial charge in [0, 0.05) is 11.9 Å². The normalized spacial score (nSPS) is 15.4. The van der Waals surface area contributed by atoms with Gasteiger partial charge >= 0.3 is 6.03 Å². The Labute approximate surface area is 117 Å². The number of carbonyl (C=O) groups excluding carboxylic acids is 2. The van der Waals surface area contributed by atoms with Crippen LogP contribution in [0.1, 0.15) is 13.3 Å². The lowest BCUT2D eigenvalue weighted by Gasteiger charge is -2.18. The standard InChI is InChI=1S/C16H16N2O2/c1-2-10-17-11-15(19)18(16(17)20)14-9-5-7-12-6-3-4-8-13(12)14/h3-9H,2,10-11H2,1H3. The Bertz CT molecular complexity index is 676. The average molecular weight is 268 g/mol. The van der Waals surface area contributed by atoms with Crippen LogP contribution in [0, 0.1) is 0 Å². The number of benzene rings is 2. The van der Waals surface area contributed by atoms with Gasteiger partial charge in [-0.25, -0.2) is 9.69 Å². The van der Waals surface area contributed by atoms with Gasteiger partial charge in [-0.2, -0.15) is 0 Å². The predicted octanol–water partition coefficient (Wildman–Crippen LogP) is 3.02. The fourth-order valence-electron chi connectivity index (χ4n) is 2.64. The van der Waals surface area contributed by atoms with Crippen LogP contribution in [0.4, 0.5) is 10.5 Å². The molecular formula is C16H16N2O2. The largest absolute Gasteiger partial charge is 0.331 e. The molecular weight excluding hydrogens is 252 g/mol. The van der Waals surface area contributed by atoms with Gasteiger partial charge in [0.2, 0.25) is 0 Å². The summed E-state index contributed by atoms with van der Waals surface area (Å²) in [4.78, 5) is 27.5. The highest BCUT2D eigenvalue weighted by molar-refractivity contribution is 6.23. The summed E-state index contributed by atoms with van der Waals surface area (Å²) in [6.45, 7) is 2.79. The summed E-state index contributed by atoms with van der Waals surface area (Å²) < 4.78 is 0. The summed E-state index contributed by atoms with van der Waals surface area (Å²) in [5.74, 6) is -0.153. The number of carbonyl (C=O) groups is 2. The van der Waals surface area contributed by atoms with Crippen molar-refractivity contribution in [2.45, 2.75) is 13.3 Å². The molecule has 4 heteroatoms. The van der Waals surface area contributed by atoms with Gasteiger partial charge in [-0.3, -0.25) is 4.79 Å². The number of imide groups is 1. The molecule has 0 unspecified atom stereocenters. The lowest BCUT2D eigenvalue weighted by Crippen LogP contribution is -2.33. The highest BCUT2D eigenvalue weighted by atomic mass is 16.2. The molecule has 0 atom stereocenters. The molecule has 0 aromatic heterocycles. The third-order valence-electron chi connectivity index (χ3n) is 3.54. The van der Waals surface area contributed by atoms with Gasteiger partial charge in [-0.05, 0) is 17.9 Å². The van der Waals surface area contributed by atoms with E-state index in [1.54, 1.807) is 4.90 Å². The Morgan fingerprint density at radius 3 is 2.60 bits per heavy atom. The van der Waals surface area contributed by atoms with Gasteiger partial charge in [-0.15, -0.1) is 0 Å². The van der Waals surface area contributed by atoms with Gasteiger partial charge in [0.05, 0.1) is 5.69 Å². The molecule has 0 saturated carbocycles. The van der Waals surface area contributed by atoms with E-state index < -0.39 is 0 Å². The Morgan fingerprint density at radius 2 is 1.80 bits per heavy atom. The zero-order chi connectivity index (χ0) is 14.1. The van der Waals surface area contributed by atoms with Crippen molar-refractivity contribution in [3.05, 3.63) is 42.5 Å². The van der Waals surface area contributed by atoms with Gasteiger partial charge in [0.1, 0.15) is 6.54 Å². The Hall–Kier alpha value is -2.36. The summed E-state index contributed by atoms with van der Waals surface area (Å²) in [6.07, 6.45) is 0.850. The number of fused-ring (bicyclic) bond motifs is 1. The molecule has 0 bridgehead atoms. The molecule has 0 aliphatic carbocycles. The Kier molecular flexibility index (Phi) is 3.14. The van der Waals surface area contributed by atoms with Gasteiger partial charge in [0.25, 0.3) is 5.91 Å². The number of urea groups is 1. The van der Waals surface area contributed by atoms with Crippen molar-refractivity contribution in [1.82, 2.24) is 4.90 Å². The number of rotatable bonds is 3. The van der Waals surface area contributed by atoms with Crippen LogP contribution in [0.15, 0.2) is 42.5 Å². The van der Waals surface area contributed by atoms with E-state index in [0.29, 0.717) is 12.2 Å². The fraction of sp³-hybridized carbons (Fsp3) is 0.250. The maximum atomic E-state index is 12.4. The zero-order valence-electron chi connectivity index (χ0n) is 11.4. The second-order valence-corrected chi connectivity index (χ2v) is 4.93. The van der Waals surface area contributed by atoms with Crippen LogP contribution in [0.25, 0.3) is 10.8 Å². The van der Waals surface area contributed by atoms with E-state index in [2.05, 4.69) is 0 Å². The van der Waals surface area contributed by atoms with Crippen molar-refractivity contribution in [3.63, 3.8) is 0 Å². The van der Waals surface area contributed by atoms with Crippen molar-refractivity contribution in [1.29, 1.82) is 0 Å². The summed E-state index contributed by atoms with van der Waals surface area (Å²) in [6, 6.07) is 13.3. The molecule has 1 heterocycles. The molecule has 1 aliphatic heterocycles. The topological polar surface area (TPSA) is 40.6 Å². The predicted molar refractivity (Wildman–Crippen MR) is 78.7 cm³/mol. The quantitative estimate of drug-likeness (QED) is 0.803. The molecule has 20 heavy (non-hydrogen) atoms. The molecule has 1 fully saturated rings. The summed E-state index contributed by atoms with van der Waals surface area (Å²) in [5, 5.41) is 1.95. The minimum absolute atomic E-state index is 0.153. The second kappa shape index (κ2) is 4.96. The minimum atomic E-state index is -0.215. The van der Waals surface area contributed by atoms with Crippen molar-refractivity contribution < 1.29 is 9.59 Å². The highest BCUT2D eigenvalue weighted by Crippen LogP contribution is 2.29.